The van der Waals surface area contributed by atoms with Gasteiger partial charge < -0.3 is 15.3 Å². The van der Waals surface area contributed by atoms with Crippen LogP contribution in [0.3, 0.4) is 0 Å². The van der Waals surface area contributed by atoms with Crippen LogP contribution < -0.4 is 5.32 Å². The number of aliphatic hydroxyl groups excluding tert-OH is 1. The lowest BCUT2D eigenvalue weighted by Gasteiger charge is -2.17. The minimum atomic E-state index is -0.534. The van der Waals surface area contributed by atoms with Crippen LogP contribution in [-0.4, -0.2) is 36.6 Å². The van der Waals surface area contributed by atoms with Crippen LogP contribution in [0.15, 0.2) is 35.0 Å². The van der Waals surface area contributed by atoms with E-state index in [9.17, 15) is 5.11 Å². The molecule has 1 aliphatic rings. The van der Waals surface area contributed by atoms with E-state index in [-0.39, 0.29) is 6.61 Å². The monoisotopic (exact) mass is 364 g/mol. The maximum atomic E-state index is 9.92. The summed E-state index contributed by atoms with van der Waals surface area (Å²) in [5, 5.41) is 18.2. The molecule has 5 heteroatoms. The van der Waals surface area contributed by atoms with E-state index in [1.54, 1.807) is 0 Å². The molecule has 0 aromatic heterocycles. The second kappa shape index (κ2) is 11.3. The van der Waals surface area contributed by atoms with Gasteiger partial charge in [0.1, 0.15) is 12.7 Å². The van der Waals surface area contributed by atoms with Crippen molar-refractivity contribution in [1.29, 1.82) is 0 Å². The van der Waals surface area contributed by atoms with Crippen LogP contribution >= 0.6 is 11.6 Å². The fraction of sp³-hybridized carbons (Fsp3) is 0.550. The fourth-order valence-electron chi connectivity index (χ4n) is 2.76. The Hall–Kier alpha value is -1.36. The lowest BCUT2D eigenvalue weighted by Crippen LogP contribution is -2.30. The van der Waals surface area contributed by atoms with Crippen LogP contribution in [-0.2, 0) is 4.84 Å². The standard InChI is InChI=1S/C20H29ClN2O2/c1-2-3-12-22-14-19(24)15-25-23-20-7-5-4-6-17(20)13-16-8-10-18(21)11-9-16/h8-11,13,19,22,24H,2-7,12,14-15H2,1H3/b17-13+,23-20+/t19-/m1/s1. The Bertz CT molecular complexity index is 570. The van der Waals surface area contributed by atoms with Gasteiger partial charge in [-0.15, -0.1) is 0 Å². The molecule has 2 rings (SSSR count). The van der Waals surface area contributed by atoms with Crippen molar-refractivity contribution in [2.24, 2.45) is 5.16 Å². The average Bonchev–Trinajstić information content (AvgIpc) is 2.62. The zero-order valence-corrected chi connectivity index (χ0v) is 15.8. The Kier molecular flexibility index (Phi) is 9.02. The smallest absolute Gasteiger partial charge is 0.144 e. The van der Waals surface area contributed by atoms with Crippen LogP contribution in [0, 0.1) is 0 Å². The number of benzene rings is 1. The molecule has 1 aromatic rings. The quantitative estimate of drug-likeness (QED) is 0.503. The fourth-order valence-corrected chi connectivity index (χ4v) is 2.89. The van der Waals surface area contributed by atoms with Gasteiger partial charge in [-0.05, 0) is 68.0 Å². The van der Waals surface area contributed by atoms with Crippen LogP contribution in [0.2, 0.25) is 5.02 Å². The Balaban J connectivity index is 1.86. The topological polar surface area (TPSA) is 53.8 Å². The Morgan fingerprint density at radius 1 is 1.28 bits per heavy atom. The molecule has 0 saturated heterocycles. The van der Waals surface area contributed by atoms with Crippen LogP contribution in [0.5, 0.6) is 0 Å². The summed E-state index contributed by atoms with van der Waals surface area (Å²) in [6, 6.07) is 7.81. The zero-order chi connectivity index (χ0) is 17.9. The van der Waals surface area contributed by atoms with E-state index in [1.165, 1.54) is 12.0 Å². The summed E-state index contributed by atoms with van der Waals surface area (Å²) >= 11 is 5.94. The third kappa shape index (κ3) is 7.59. The van der Waals surface area contributed by atoms with E-state index in [0.29, 0.717) is 6.54 Å². The molecule has 2 N–H and O–H groups in total. The van der Waals surface area contributed by atoms with Gasteiger partial charge in [-0.25, -0.2) is 0 Å². The maximum absolute atomic E-state index is 9.92. The van der Waals surface area contributed by atoms with Gasteiger partial charge in [-0.3, -0.25) is 0 Å². The molecule has 0 heterocycles. The summed E-state index contributed by atoms with van der Waals surface area (Å²) in [6.07, 6.45) is 8.11. The Morgan fingerprint density at radius 2 is 2.04 bits per heavy atom. The first kappa shape index (κ1) is 20.0. The number of oxime groups is 1. The minimum Gasteiger partial charge on any atom is -0.393 e. The van der Waals surface area contributed by atoms with Crippen molar-refractivity contribution in [3.05, 3.63) is 40.4 Å². The number of hydrogen-bond acceptors (Lipinski definition) is 4. The van der Waals surface area contributed by atoms with Gasteiger partial charge in [-0.1, -0.05) is 42.2 Å². The van der Waals surface area contributed by atoms with E-state index >= 15 is 0 Å². The summed E-state index contributed by atoms with van der Waals surface area (Å²) in [6.45, 7) is 3.84. The molecule has 0 bridgehead atoms. The summed E-state index contributed by atoms with van der Waals surface area (Å²) in [5.74, 6) is 0. The maximum Gasteiger partial charge on any atom is 0.144 e. The minimum absolute atomic E-state index is 0.219. The first-order valence-electron chi connectivity index (χ1n) is 9.23. The molecule has 1 fully saturated rings. The Labute approximate surface area is 155 Å². The summed E-state index contributed by atoms with van der Waals surface area (Å²) in [5.41, 5.74) is 3.32. The highest BCUT2D eigenvalue weighted by Gasteiger charge is 2.14. The third-order valence-electron chi connectivity index (χ3n) is 4.22. The van der Waals surface area contributed by atoms with Crippen LogP contribution in [0.25, 0.3) is 6.08 Å². The van der Waals surface area contributed by atoms with Crippen molar-refractivity contribution in [2.45, 2.75) is 51.6 Å². The van der Waals surface area contributed by atoms with Crippen LogP contribution in [0.1, 0.15) is 51.0 Å². The molecule has 1 atom stereocenters. The van der Waals surface area contributed by atoms with Crippen molar-refractivity contribution in [3.63, 3.8) is 0 Å². The molecule has 1 aliphatic carbocycles. The lowest BCUT2D eigenvalue weighted by molar-refractivity contribution is 0.0401. The molecule has 0 radical (unpaired) electrons. The molecule has 0 aliphatic heterocycles. The molecule has 1 aromatic carbocycles. The van der Waals surface area contributed by atoms with E-state index in [2.05, 4.69) is 23.5 Å². The summed E-state index contributed by atoms with van der Waals surface area (Å²) < 4.78 is 0. The number of allylic oxidation sites excluding steroid dienone is 1. The van der Waals surface area contributed by atoms with Crippen molar-refractivity contribution in [2.75, 3.05) is 19.7 Å². The molecular weight excluding hydrogens is 336 g/mol. The van der Waals surface area contributed by atoms with Crippen molar-refractivity contribution < 1.29 is 9.94 Å². The molecule has 25 heavy (non-hydrogen) atoms. The van der Waals surface area contributed by atoms with Gasteiger partial charge in [-0.2, -0.15) is 0 Å². The SMILES string of the molecule is CCCCNC[C@@H](O)CO/N=C1\CCCC\C1=C/c1ccc(Cl)cc1. The summed E-state index contributed by atoms with van der Waals surface area (Å²) in [7, 11) is 0. The number of aliphatic hydroxyl groups is 1. The third-order valence-corrected chi connectivity index (χ3v) is 4.47. The highest BCUT2D eigenvalue weighted by Crippen LogP contribution is 2.24. The molecule has 0 amide bonds. The average molecular weight is 365 g/mol. The predicted octanol–water partition coefficient (Wildman–Crippen LogP) is 4.42. The normalized spacial score (nSPS) is 19.3. The summed E-state index contributed by atoms with van der Waals surface area (Å²) in [4.78, 5) is 5.42. The van der Waals surface area contributed by atoms with E-state index in [1.807, 2.05) is 24.3 Å². The van der Waals surface area contributed by atoms with Crippen molar-refractivity contribution >= 4 is 23.4 Å². The highest BCUT2D eigenvalue weighted by atomic mass is 35.5. The van der Waals surface area contributed by atoms with Crippen molar-refractivity contribution in [3.8, 4) is 0 Å². The molecule has 0 unspecified atom stereocenters. The number of rotatable bonds is 9. The molecule has 1 saturated carbocycles. The zero-order valence-electron chi connectivity index (χ0n) is 15.0. The van der Waals surface area contributed by atoms with Gasteiger partial charge in [0.15, 0.2) is 0 Å². The highest BCUT2D eigenvalue weighted by molar-refractivity contribution is 6.30. The lowest BCUT2D eigenvalue weighted by atomic mass is 9.91. The molecule has 138 valence electrons. The number of halogens is 1. The molecule has 0 spiro atoms. The van der Waals surface area contributed by atoms with Gasteiger partial charge in [0.05, 0.1) is 5.71 Å². The van der Waals surface area contributed by atoms with E-state index in [4.69, 9.17) is 16.4 Å². The second-order valence-electron chi connectivity index (χ2n) is 6.47. The first-order valence-corrected chi connectivity index (χ1v) is 9.61. The number of nitrogens with zero attached hydrogens (tertiary/aromatic N) is 1. The largest absolute Gasteiger partial charge is 0.393 e. The Morgan fingerprint density at radius 3 is 2.80 bits per heavy atom. The second-order valence-corrected chi connectivity index (χ2v) is 6.91. The molecular formula is C20H29ClN2O2. The van der Waals surface area contributed by atoms with E-state index < -0.39 is 6.10 Å². The number of unbranched alkanes of at least 4 members (excludes halogenated alkanes) is 1. The van der Waals surface area contributed by atoms with Crippen molar-refractivity contribution in [1.82, 2.24) is 5.32 Å². The van der Waals surface area contributed by atoms with Gasteiger partial charge >= 0.3 is 0 Å². The number of nitrogens with one attached hydrogen (secondary N) is 1. The van der Waals surface area contributed by atoms with Gasteiger partial charge in [0.2, 0.25) is 0 Å². The van der Waals surface area contributed by atoms with Gasteiger partial charge in [0.25, 0.3) is 0 Å². The van der Waals surface area contributed by atoms with Gasteiger partial charge in [0, 0.05) is 11.6 Å². The van der Waals surface area contributed by atoms with Crippen LogP contribution in [0.4, 0.5) is 0 Å². The predicted molar refractivity (Wildman–Crippen MR) is 105 cm³/mol. The molecule has 4 nitrogen and oxygen atoms in total. The van der Waals surface area contributed by atoms with E-state index in [0.717, 1.165) is 54.9 Å². The number of hydrogen-bond donors (Lipinski definition) is 2. The first-order chi connectivity index (χ1) is 12.2.